The van der Waals surface area contributed by atoms with Gasteiger partial charge in [-0.05, 0) is 11.8 Å². The van der Waals surface area contributed by atoms with Crippen LogP contribution in [0.5, 0.6) is 0 Å². The zero-order valence-corrected chi connectivity index (χ0v) is 9.51. The first kappa shape index (κ1) is 13.6. The molecule has 0 radical (unpaired) electrons. The second-order valence-corrected chi connectivity index (χ2v) is 4.72. The first-order valence-electron chi connectivity index (χ1n) is 5.16. The Morgan fingerprint density at radius 2 is 1.93 bits per heavy atom. The minimum Gasteiger partial charge on any atom is -0.394 e. The lowest BCUT2D eigenvalue weighted by Crippen LogP contribution is -2.13. The van der Waals surface area contributed by atoms with Gasteiger partial charge in [-0.25, -0.2) is 0 Å². The van der Waals surface area contributed by atoms with Gasteiger partial charge in [0.05, 0.1) is 13.2 Å². The summed E-state index contributed by atoms with van der Waals surface area (Å²) in [4.78, 5) is 11.4. The minimum absolute atomic E-state index is 0.0515. The Hall–Kier alpha value is -0.410. The van der Waals surface area contributed by atoms with Crippen molar-refractivity contribution in [2.75, 3.05) is 19.8 Å². The maximum absolute atomic E-state index is 11.4. The molecule has 0 saturated heterocycles. The monoisotopic (exact) mass is 202 g/mol. The summed E-state index contributed by atoms with van der Waals surface area (Å²) in [5, 5.41) is 8.44. The number of Topliss-reactive ketones (excluding diaryl/α,β-unsaturated/α-hetero) is 1. The van der Waals surface area contributed by atoms with Gasteiger partial charge in [0, 0.05) is 19.4 Å². The van der Waals surface area contributed by atoms with Crippen LogP contribution in [0.2, 0.25) is 0 Å². The molecule has 0 bridgehead atoms. The normalized spacial score (nSPS) is 11.7. The van der Waals surface area contributed by atoms with Crippen molar-refractivity contribution in [3.63, 3.8) is 0 Å². The zero-order valence-electron chi connectivity index (χ0n) is 9.51. The summed E-state index contributed by atoms with van der Waals surface area (Å²) >= 11 is 0. The molecule has 14 heavy (non-hydrogen) atoms. The zero-order chi connectivity index (χ0) is 11.0. The molecular weight excluding hydrogens is 180 g/mol. The molecule has 0 spiro atoms. The molecule has 0 saturated carbocycles. The highest BCUT2D eigenvalue weighted by molar-refractivity contribution is 5.78. The predicted octanol–water partition coefficient (Wildman–Crippen LogP) is 1.78. The van der Waals surface area contributed by atoms with Gasteiger partial charge < -0.3 is 9.84 Å². The largest absolute Gasteiger partial charge is 0.394 e. The predicted molar refractivity (Wildman–Crippen MR) is 56.2 cm³/mol. The van der Waals surface area contributed by atoms with Gasteiger partial charge in [0.1, 0.15) is 5.78 Å². The van der Waals surface area contributed by atoms with Crippen LogP contribution in [-0.2, 0) is 9.53 Å². The Morgan fingerprint density at radius 1 is 1.29 bits per heavy atom. The Bertz CT molecular complexity index is 158. The topological polar surface area (TPSA) is 46.5 Å². The SMILES string of the molecule is CC(C)(C)CC(=O)CCCOCCO. The van der Waals surface area contributed by atoms with Crippen LogP contribution in [0.4, 0.5) is 0 Å². The molecule has 84 valence electrons. The average Bonchev–Trinajstić information content (AvgIpc) is 2.00. The highest BCUT2D eigenvalue weighted by Gasteiger charge is 2.15. The van der Waals surface area contributed by atoms with Crippen LogP contribution in [0.1, 0.15) is 40.0 Å². The number of aliphatic hydroxyl groups excluding tert-OH is 1. The average molecular weight is 202 g/mol. The first-order chi connectivity index (χ1) is 6.45. The van der Waals surface area contributed by atoms with Gasteiger partial charge in [-0.15, -0.1) is 0 Å². The van der Waals surface area contributed by atoms with Crippen LogP contribution >= 0.6 is 0 Å². The van der Waals surface area contributed by atoms with Crippen molar-refractivity contribution in [3.8, 4) is 0 Å². The summed E-state index contributed by atoms with van der Waals surface area (Å²) < 4.78 is 5.06. The molecule has 3 heteroatoms. The summed E-state index contributed by atoms with van der Waals surface area (Å²) in [5.41, 5.74) is 0.0863. The highest BCUT2D eigenvalue weighted by Crippen LogP contribution is 2.19. The molecule has 0 fully saturated rings. The second kappa shape index (κ2) is 6.96. The van der Waals surface area contributed by atoms with Gasteiger partial charge in [-0.2, -0.15) is 0 Å². The highest BCUT2D eigenvalue weighted by atomic mass is 16.5. The third kappa shape index (κ3) is 9.68. The van der Waals surface area contributed by atoms with Gasteiger partial charge in [0.25, 0.3) is 0 Å². The fraction of sp³-hybridized carbons (Fsp3) is 0.909. The van der Waals surface area contributed by atoms with Gasteiger partial charge in [-0.1, -0.05) is 20.8 Å². The Kier molecular flexibility index (Phi) is 6.75. The van der Waals surface area contributed by atoms with Crippen molar-refractivity contribution >= 4 is 5.78 Å². The molecule has 0 aliphatic heterocycles. The van der Waals surface area contributed by atoms with E-state index in [0.29, 0.717) is 31.8 Å². The molecule has 0 aromatic carbocycles. The number of hydrogen-bond acceptors (Lipinski definition) is 3. The van der Waals surface area contributed by atoms with Crippen LogP contribution in [-0.4, -0.2) is 30.7 Å². The molecule has 3 nitrogen and oxygen atoms in total. The van der Waals surface area contributed by atoms with E-state index >= 15 is 0 Å². The van der Waals surface area contributed by atoms with E-state index in [-0.39, 0.29) is 12.0 Å². The van der Waals surface area contributed by atoms with Crippen molar-refractivity contribution in [1.29, 1.82) is 0 Å². The van der Waals surface area contributed by atoms with E-state index in [1.807, 2.05) is 0 Å². The van der Waals surface area contributed by atoms with Crippen LogP contribution in [0.25, 0.3) is 0 Å². The maximum atomic E-state index is 11.4. The Balaban J connectivity index is 3.36. The fourth-order valence-electron chi connectivity index (χ4n) is 1.22. The summed E-state index contributed by atoms with van der Waals surface area (Å²) in [5.74, 6) is 0.296. The molecular formula is C11H22O3. The Morgan fingerprint density at radius 3 is 2.43 bits per heavy atom. The molecule has 0 aliphatic rings. The van der Waals surface area contributed by atoms with E-state index < -0.39 is 0 Å². The van der Waals surface area contributed by atoms with Crippen LogP contribution in [0.3, 0.4) is 0 Å². The lowest BCUT2D eigenvalue weighted by atomic mass is 9.89. The number of ketones is 1. The number of ether oxygens (including phenoxy) is 1. The van der Waals surface area contributed by atoms with E-state index in [1.54, 1.807) is 0 Å². The van der Waals surface area contributed by atoms with Crippen LogP contribution < -0.4 is 0 Å². The lowest BCUT2D eigenvalue weighted by molar-refractivity contribution is -0.121. The number of rotatable bonds is 7. The van der Waals surface area contributed by atoms with E-state index in [1.165, 1.54) is 0 Å². The maximum Gasteiger partial charge on any atom is 0.133 e. The number of carbonyl (C=O) groups excluding carboxylic acids is 1. The minimum atomic E-state index is 0.0515. The van der Waals surface area contributed by atoms with E-state index in [0.717, 1.165) is 6.42 Å². The van der Waals surface area contributed by atoms with Crippen LogP contribution in [0, 0.1) is 5.41 Å². The molecule has 0 atom stereocenters. The second-order valence-electron chi connectivity index (χ2n) is 4.72. The van der Waals surface area contributed by atoms with Crippen molar-refractivity contribution in [2.24, 2.45) is 5.41 Å². The smallest absolute Gasteiger partial charge is 0.133 e. The molecule has 0 aromatic heterocycles. The molecule has 0 heterocycles. The van der Waals surface area contributed by atoms with Gasteiger partial charge in [0.2, 0.25) is 0 Å². The third-order valence-corrected chi connectivity index (χ3v) is 1.71. The van der Waals surface area contributed by atoms with Crippen molar-refractivity contribution < 1.29 is 14.6 Å². The summed E-state index contributed by atoms with van der Waals surface area (Å²) in [6.07, 6.45) is 1.98. The number of carbonyl (C=O) groups is 1. The van der Waals surface area contributed by atoms with Crippen molar-refractivity contribution in [3.05, 3.63) is 0 Å². The van der Waals surface area contributed by atoms with E-state index in [9.17, 15) is 4.79 Å². The molecule has 0 rings (SSSR count). The third-order valence-electron chi connectivity index (χ3n) is 1.71. The first-order valence-corrected chi connectivity index (χ1v) is 5.16. The molecule has 0 aliphatic carbocycles. The quantitative estimate of drug-likeness (QED) is 0.640. The summed E-state index contributed by atoms with van der Waals surface area (Å²) in [7, 11) is 0. The summed E-state index contributed by atoms with van der Waals surface area (Å²) in [6.45, 7) is 7.17. The molecule has 1 N–H and O–H groups in total. The molecule has 0 aromatic rings. The summed E-state index contributed by atoms with van der Waals surface area (Å²) in [6, 6.07) is 0. The van der Waals surface area contributed by atoms with Crippen molar-refractivity contribution in [1.82, 2.24) is 0 Å². The van der Waals surface area contributed by atoms with E-state index in [2.05, 4.69) is 20.8 Å². The van der Waals surface area contributed by atoms with Crippen LogP contribution in [0.15, 0.2) is 0 Å². The lowest BCUT2D eigenvalue weighted by Gasteiger charge is -2.16. The fourth-order valence-corrected chi connectivity index (χ4v) is 1.22. The number of aliphatic hydroxyl groups is 1. The Labute approximate surface area is 86.5 Å². The van der Waals surface area contributed by atoms with Gasteiger partial charge in [-0.3, -0.25) is 4.79 Å². The molecule has 0 unspecified atom stereocenters. The van der Waals surface area contributed by atoms with Crippen molar-refractivity contribution in [2.45, 2.75) is 40.0 Å². The van der Waals surface area contributed by atoms with Gasteiger partial charge >= 0.3 is 0 Å². The van der Waals surface area contributed by atoms with E-state index in [4.69, 9.17) is 9.84 Å². The standard InChI is InChI=1S/C11H22O3/c1-11(2,3)9-10(13)5-4-7-14-8-6-12/h12H,4-9H2,1-3H3. The van der Waals surface area contributed by atoms with Gasteiger partial charge in [0.15, 0.2) is 0 Å². The number of hydrogen-bond donors (Lipinski definition) is 1. The molecule has 0 amide bonds.